The average molecular weight is 371 g/mol. The van der Waals surface area contributed by atoms with E-state index in [1.807, 2.05) is 26.0 Å². The van der Waals surface area contributed by atoms with Crippen LogP contribution in [0.4, 0.5) is 0 Å². The number of hydrogen-bond acceptors (Lipinski definition) is 3. The molecule has 3 rings (SSSR count). The molecule has 1 atom stereocenters. The lowest BCUT2D eigenvalue weighted by Crippen LogP contribution is -2.32. The topological polar surface area (TPSA) is 26.7 Å². The summed E-state index contributed by atoms with van der Waals surface area (Å²) in [6, 6.07) is 18.1. The van der Waals surface area contributed by atoms with Gasteiger partial charge in [-0.2, -0.15) is 0 Å². The second kappa shape index (κ2) is 13.3. The molecule has 1 fully saturated rings. The van der Waals surface area contributed by atoms with Gasteiger partial charge in [0.2, 0.25) is 0 Å². The molecule has 1 N–H and O–H groups in total. The van der Waals surface area contributed by atoms with Crippen LogP contribution in [0.1, 0.15) is 51.2 Å². The summed E-state index contributed by atoms with van der Waals surface area (Å²) < 4.78 is 0. The molecule has 0 spiro atoms. The van der Waals surface area contributed by atoms with E-state index in [4.69, 9.17) is 0 Å². The van der Waals surface area contributed by atoms with Crippen molar-refractivity contribution in [3.05, 3.63) is 65.7 Å². The second-order valence-corrected chi connectivity index (χ2v) is 6.96. The maximum absolute atomic E-state index is 9.33. The fraction of sp³-hybridized carbons (Fsp3) is 0.500. The van der Waals surface area contributed by atoms with Crippen LogP contribution >= 0.6 is 0 Å². The zero-order valence-electron chi connectivity index (χ0n) is 17.9. The van der Waals surface area contributed by atoms with Crippen molar-refractivity contribution >= 4 is 0 Å². The van der Waals surface area contributed by atoms with Crippen molar-refractivity contribution < 1.29 is 5.11 Å². The van der Waals surface area contributed by atoms with Crippen molar-refractivity contribution in [2.24, 2.45) is 0 Å². The predicted molar refractivity (Wildman–Crippen MR) is 117 cm³/mol. The lowest BCUT2D eigenvalue weighted by molar-refractivity contribution is 0.229. The van der Waals surface area contributed by atoms with E-state index in [1.165, 1.54) is 30.6 Å². The van der Waals surface area contributed by atoms with Gasteiger partial charge in [0.15, 0.2) is 0 Å². The first-order valence-electron chi connectivity index (χ1n) is 10.3. The number of phenolic OH excluding ortho intramolecular Hbond substituents is 1. The Bertz CT molecular complexity index is 594. The Morgan fingerprint density at radius 3 is 2.00 bits per heavy atom. The van der Waals surface area contributed by atoms with Crippen LogP contribution in [0.15, 0.2) is 54.6 Å². The number of hydrogen-bond donors (Lipinski definition) is 1. The number of nitrogens with zero attached hydrogens (tertiary/aromatic N) is 2. The molecule has 0 radical (unpaired) electrons. The van der Waals surface area contributed by atoms with Crippen molar-refractivity contribution in [2.45, 2.75) is 46.6 Å². The third-order valence-corrected chi connectivity index (χ3v) is 4.77. The number of likely N-dealkylation sites (N-methyl/N-ethyl adjacent to an activating group) is 1. The molecule has 1 heterocycles. The zero-order chi connectivity index (χ0) is 20.1. The van der Waals surface area contributed by atoms with Gasteiger partial charge >= 0.3 is 0 Å². The van der Waals surface area contributed by atoms with Gasteiger partial charge in [-0.05, 0) is 62.3 Å². The molecule has 1 unspecified atom stereocenters. The fourth-order valence-corrected chi connectivity index (χ4v) is 2.91. The largest absolute Gasteiger partial charge is 0.508 e. The molecule has 150 valence electrons. The van der Waals surface area contributed by atoms with E-state index in [0.29, 0.717) is 11.7 Å². The molecular weight excluding hydrogens is 332 g/mol. The third kappa shape index (κ3) is 9.07. The van der Waals surface area contributed by atoms with Gasteiger partial charge in [-0.15, -0.1) is 0 Å². The molecule has 0 bridgehead atoms. The summed E-state index contributed by atoms with van der Waals surface area (Å²) in [5.41, 5.74) is 2.63. The Morgan fingerprint density at radius 1 is 1.00 bits per heavy atom. The summed E-state index contributed by atoms with van der Waals surface area (Å²) in [6.07, 6.45) is 1.41. The molecule has 0 saturated carbocycles. The van der Waals surface area contributed by atoms with Gasteiger partial charge in [0.05, 0.1) is 0 Å². The summed E-state index contributed by atoms with van der Waals surface area (Å²) in [5, 5.41) is 9.33. The minimum Gasteiger partial charge on any atom is -0.508 e. The van der Waals surface area contributed by atoms with Gasteiger partial charge < -0.3 is 10.0 Å². The molecule has 2 aromatic carbocycles. The predicted octanol–water partition coefficient (Wildman–Crippen LogP) is 5.37. The van der Waals surface area contributed by atoms with Crippen molar-refractivity contribution in [3.8, 4) is 5.75 Å². The summed E-state index contributed by atoms with van der Waals surface area (Å²) in [5.74, 6) is 0.850. The van der Waals surface area contributed by atoms with Crippen molar-refractivity contribution in [3.63, 3.8) is 0 Å². The van der Waals surface area contributed by atoms with Gasteiger partial charge in [-0.1, -0.05) is 70.2 Å². The molecule has 0 aliphatic carbocycles. The van der Waals surface area contributed by atoms with E-state index in [2.05, 4.69) is 61.0 Å². The summed E-state index contributed by atoms with van der Waals surface area (Å²) in [7, 11) is 2.14. The van der Waals surface area contributed by atoms with Gasteiger partial charge in [0, 0.05) is 13.1 Å². The van der Waals surface area contributed by atoms with Crippen molar-refractivity contribution in [1.82, 2.24) is 9.80 Å². The Morgan fingerprint density at radius 2 is 1.56 bits per heavy atom. The Balaban J connectivity index is 0.000000441. The summed E-state index contributed by atoms with van der Waals surface area (Å²) in [4.78, 5) is 4.74. The number of rotatable bonds is 6. The maximum Gasteiger partial charge on any atom is 0.115 e. The minimum atomic E-state index is 0.328. The van der Waals surface area contributed by atoms with E-state index in [9.17, 15) is 5.11 Å². The Kier molecular flexibility index (Phi) is 11.5. The van der Waals surface area contributed by atoms with Gasteiger partial charge in [-0.3, -0.25) is 4.90 Å². The van der Waals surface area contributed by atoms with Crippen LogP contribution < -0.4 is 0 Å². The van der Waals surface area contributed by atoms with Crippen molar-refractivity contribution in [2.75, 3.05) is 33.2 Å². The van der Waals surface area contributed by atoms with Crippen LogP contribution in [0, 0.1) is 0 Å². The number of phenols is 1. The van der Waals surface area contributed by atoms with Gasteiger partial charge in [-0.25, -0.2) is 0 Å². The average Bonchev–Trinajstić information content (AvgIpc) is 2.70. The quantitative estimate of drug-likeness (QED) is 0.741. The zero-order valence-corrected chi connectivity index (χ0v) is 17.9. The smallest absolute Gasteiger partial charge is 0.115 e. The maximum atomic E-state index is 9.33. The SMILES string of the molecule is CC.CCN(Cc1ccc(O)cc1)CC(C)c1ccccc1.CN1CCC1. The monoisotopic (exact) mass is 370 g/mol. The van der Waals surface area contributed by atoms with Crippen LogP contribution in [0.5, 0.6) is 5.75 Å². The highest BCUT2D eigenvalue weighted by Gasteiger charge is 2.11. The van der Waals surface area contributed by atoms with E-state index in [1.54, 1.807) is 12.1 Å². The standard InChI is InChI=1S/C18H23NO.C4H9N.C2H6/c1-3-19(14-16-9-11-18(20)12-10-16)13-15(2)17-7-5-4-6-8-17;1-5-3-2-4-5;1-2/h4-12,15,20H,3,13-14H2,1-2H3;2-4H2,1H3;1-2H3. The molecule has 2 aromatic rings. The minimum absolute atomic E-state index is 0.328. The first-order chi connectivity index (χ1) is 13.1. The van der Waals surface area contributed by atoms with E-state index in [0.717, 1.165) is 19.6 Å². The Hall–Kier alpha value is -1.84. The van der Waals surface area contributed by atoms with Crippen LogP contribution in [0.25, 0.3) is 0 Å². The van der Waals surface area contributed by atoms with Crippen LogP contribution in [-0.4, -0.2) is 48.1 Å². The molecule has 3 nitrogen and oxygen atoms in total. The lowest BCUT2D eigenvalue weighted by Gasteiger charge is -2.24. The highest BCUT2D eigenvalue weighted by molar-refractivity contribution is 5.26. The third-order valence-electron chi connectivity index (χ3n) is 4.77. The van der Waals surface area contributed by atoms with E-state index < -0.39 is 0 Å². The molecule has 27 heavy (non-hydrogen) atoms. The van der Waals surface area contributed by atoms with E-state index in [-0.39, 0.29) is 0 Å². The molecule has 0 aromatic heterocycles. The summed E-state index contributed by atoms with van der Waals surface area (Å²) in [6.45, 7) is 14.1. The molecule has 0 amide bonds. The molecule has 1 saturated heterocycles. The van der Waals surface area contributed by atoms with E-state index >= 15 is 0 Å². The fourth-order valence-electron chi connectivity index (χ4n) is 2.91. The first-order valence-corrected chi connectivity index (χ1v) is 10.3. The van der Waals surface area contributed by atoms with Gasteiger partial charge in [0.25, 0.3) is 0 Å². The Labute approximate surface area is 166 Å². The first kappa shape index (κ1) is 23.2. The normalized spacial score (nSPS) is 14.3. The van der Waals surface area contributed by atoms with Crippen molar-refractivity contribution in [1.29, 1.82) is 0 Å². The second-order valence-electron chi connectivity index (χ2n) is 6.96. The molecular formula is C24H38N2O. The van der Waals surface area contributed by atoms with Crippen LogP contribution in [0.3, 0.4) is 0 Å². The lowest BCUT2D eigenvalue weighted by atomic mass is 10.0. The molecule has 1 aliphatic rings. The summed E-state index contributed by atoms with van der Waals surface area (Å²) >= 11 is 0. The van der Waals surface area contributed by atoms with Gasteiger partial charge in [0.1, 0.15) is 5.75 Å². The highest BCUT2D eigenvalue weighted by atomic mass is 16.3. The molecule has 1 aliphatic heterocycles. The molecule has 3 heteroatoms. The van der Waals surface area contributed by atoms with Crippen LogP contribution in [-0.2, 0) is 6.54 Å². The highest BCUT2D eigenvalue weighted by Crippen LogP contribution is 2.18. The number of likely N-dealkylation sites (tertiary alicyclic amines) is 1. The number of benzene rings is 2. The van der Waals surface area contributed by atoms with Crippen LogP contribution in [0.2, 0.25) is 0 Å². The number of aromatic hydroxyl groups is 1.